The predicted octanol–water partition coefficient (Wildman–Crippen LogP) is 3.62. The van der Waals surface area contributed by atoms with Crippen molar-refractivity contribution in [3.63, 3.8) is 0 Å². The van der Waals surface area contributed by atoms with Gasteiger partial charge in [-0.1, -0.05) is 30.7 Å². The van der Waals surface area contributed by atoms with Crippen LogP contribution in [0.25, 0.3) is 0 Å². The lowest BCUT2D eigenvalue weighted by molar-refractivity contribution is 0.796. The Kier molecular flexibility index (Phi) is 7.25. The van der Waals surface area contributed by atoms with Crippen molar-refractivity contribution in [1.29, 1.82) is 0 Å². The Hall–Kier alpha value is -1.88. The smallest absolute Gasteiger partial charge is 0.191 e. The molecule has 0 unspecified atom stereocenters. The maximum Gasteiger partial charge on any atom is 0.191 e. The molecular weight excluding hydrogens is 316 g/mol. The summed E-state index contributed by atoms with van der Waals surface area (Å²) in [4.78, 5) is 10.4. The van der Waals surface area contributed by atoms with Crippen molar-refractivity contribution in [2.24, 2.45) is 4.99 Å². The van der Waals surface area contributed by atoms with Crippen LogP contribution in [0.2, 0.25) is 0 Å². The number of guanidine groups is 1. The normalized spacial score (nSPS) is 11.6. The number of benzene rings is 1. The third-order valence-electron chi connectivity index (χ3n) is 3.85. The summed E-state index contributed by atoms with van der Waals surface area (Å²) in [6.07, 6.45) is 3.99. The van der Waals surface area contributed by atoms with Crippen LogP contribution in [-0.2, 0) is 19.4 Å². The number of aromatic nitrogens is 1. The predicted molar refractivity (Wildman–Crippen MR) is 104 cm³/mol. The SMILES string of the molecule is CCNC(=NCc1ncc(CC)s1)NCCc1ccc(C)cc1C. The maximum absolute atomic E-state index is 4.64. The molecule has 4 nitrogen and oxygen atoms in total. The van der Waals surface area contributed by atoms with E-state index in [1.807, 2.05) is 6.20 Å². The molecule has 2 aromatic rings. The lowest BCUT2D eigenvalue weighted by Gasteiger charge is -2.12. The van der Waals surface area contributed by atoms with E-state index < -0.39 is 0 Å². The van der Waals surface area contributed by atoms with Crippen LogP contribution in [0.5, 0.6) is 0 Å². The number of thiazole rings is 1. The number of rotatable bonds is 7. The van der Waals surface area contributed by atoms with E-state index in [0.717, 1.165) is 36.9 Å². The minimum atomic E-state index is 0.629. The molecule has 130 valence electrons. The summed E-state index contributed by atoms with van der Waals surface area (Å²) in [7, 11) is 0. The van der Waals surface area contributed by atoms with Crippen molar-refractivity contribution in [2.75, 3.05) is 13.1 Å². The molecule has 1 aromatic heterocycles. The highest BCUT2D eigenvalue weighted by Gasteiger charge is 2.03. The zero-order chi connectivity index (χ0) is 17.4. The lowest BCUT2D eigenvalue weighted by atomic mass is 10.0. The van der Waals surface area contributed by atoms with Crippen LogP contribution in [0, 0.1) is 13.8 Å². The summed E-state index contributed by atoms with van der Waals surface area (Å²) in [6.45, 7) is 10.9. The molecule has 0 amide bonds. The number of nitrogens with one attached hydrogen (secondary N) is 2. The van der Waals surface area contributed by atoms with Crippen molar-refractivity contribution in [3.8, 4) is 0 Å². The second-order valence-electron chi connectivity index (χ2n) is 5.88. The van der Waals surface area contributed by atoms with Gasteiger partial charge in [-0.3, -0.25) is 0 Å². The average Bonchev–Trinajstić information content (AvgIpc) is 3.02. The highest BCUT2D eigenvalue weighted by atomic mass is 32.1. The Balaban J connectivity index is 1.89. The quantitative estimate of drug-likeness (QED) is 0.596. The van der Waals surface area contributed by atoms with Gasteiger partial charge in [-0.25, -0.2) is 9.98 Å². The fourth-order valence-electron chi connectivity index (χ4n) is 2.51. The van der Waals surface area contributed by atoms with Gasteiger partial charge in [0.2, 0.25) is 0 Å². The summed E-state index contributed by atoms with van der Waals surface area (Å²) in [6, 6.07) is 6.63. The van der Waals surface area contributed by atoms with E-state index in [1.54, 1.807) is 11.3 Å². The standard InChI is InChI=1S/C19H28N4S/c1-5-17-12-22-18(24-17)13-23-19(20-6-2)21-10-9-16-8-7-14(3)11-15(16)4/h7-8,11-12H,5-6,9-10,13H2,1-4H3,(H2,20,21,23). The molecule has 1 aromatic carbocycles. The summed E-state index contributed by atoms with van der Waals surface area (Å²) >= 11 is 1.74. The zero-order valence-corrected chi connectivity index (χ0v) is 16.0. The first kappa shape index (κ1) is 18.5. The first-order valence-corrected chi connectivity index (χ1v) is 9.46. The summed E-state index contributed by atoms with van der Waals surface area (Å²) < 4.78 is 0. The largest absolute Gasteiger partial charge is 0.357 e. The first-order valence-electron chi connectivity index (χ1n) is 8.64. The molecule has 0 bridgehead atoms. The Labute approximate surface area is 149 Å². The Bertz CT molecular complexity index is 676. The van der Waals surface area contributed by atoms with E-state index in [1.165, 1.54) is 21.6 Å². The Morgan fingerprint density at radius 2 is 2.04 bits per heavy atom. The van der Waals surface area contributed by atoms with E-state index >= 15 is 0 Å². The van der Waals surface area contributed by atoms with Crippen LogP contribution in [0.3, 0.4) is 0 Å². The molecule has 0 radical (unpaired) electrons. The van der Waals surface area contributed by atoms with E-state index in [0.29, 0.717) is 6.54 Å². The topological polar surface area (TPSA) is 49.3 Å². The van der Waals surface area contributed by atoms with Gasteiger partial charge in [-0.15, -0.1) is 11.3 Å². The fraction of sp³-hybridized carbons (Fsp3) is 0.474. The molecule has 5 heteroatoms. The molecule has 0 atom stereocenters. The molecule has 0 spiro atoms. The summed E-state index contributed by atoms with van der Waals surface area (Å²) in [5.74, 6) is 0.857. The molecule has 0 aliphatic carbocycles. The van der Waals surface area contributed by atoms with Gasteiger partial charge in [0, 0.05) is 24.2 Å². The number of hydrogen-bond donors (Lipinski definition) is 2. The molecule has 24 heavy (non-hydrogen) atoms. The van der Waals surface area contributed by atoms with Crippen molar-refractivity contribution < 1.29 is 0 Å². The lowest BCUT2D eigenvalue weighted by Crippen LogP contribution is -2.38. The van der Waals surface area contributed by atoms with Crippen LogP contribution in [-0.4, -0.2) is 24.0 Å². The van der Waals surface area contributed by atoms with Crippen molar-refractivity contribution in [1.82, 2.24) is 15.6 Å². The van der Waals surface area contributed by atoms with Crippen LogP contribution >= 0.6 is 11.3 Å². The molecule has 2 rings (SSSR count). The maximum atomic E-state index is 4.64. The van der Waals surface area contributed by atoms with Crippen LogP contribution in [0.15, 0.2) is 29.4 Å². The van der Waals surface area contributed by atoms with Gasteiger partial charge in [0.05, 0.1) is 6.54 Å². The third kappa shape index (κ3) is 5.64. The second kappa shape index (κ2) is 9.42. The Morgan fingerprint density at radius 1 is 1.21 bits per heavy atom. The van der Waals surface area contributed by atoms with Crippen molar-refractivity contribution >= 4 is 17.3 Å². The van der Waals surface area contributed by atoms with Gasteiger partial charge >= 0.3 is 0 Å². The van der Waals surface area contributed by atoms with E-state index in [-0.39, 0.29) is 0 Å². The number of aryl methyl sites for hydroxylation is 3. The molecule has 2 N–H and O–H groups in total. The second-order valence-corrected chi connectivity index (χ2v) is 7.08. The monoisotopic (exact) mass is 344 g/mol. The summed E-state index contributed by atoms with van der Waals surface area (Å²) in [5.41, 5.74) is 4.05. The number of hydrogen-bond acceptors (Lipinski definition) is 3. The molecule has 0 saturated heterocycles. The minimum absolute atomic E-state index is 0.629. The molecule has 1 heterocycles. The van der Waals surface area contributed by atoms with Gasteiger partial charge < -0.3 is 10.6 Å². The van der Waals surface area contributed by atoms with Crippen LogP contribution < -0.4 is 10.6 Å². The van der Waals surface area contributed by atoms with Gasteiger partial charge in [-0.05, 0) is 44.7 Å². The number of aliphatic imine (C=N–C) groups is 1. The molecule has 0 saturated carbocycles. The van der Waals surface area contributed by atoms with E-state index in [2.05, 4.69) is 66.5 Å². The fourth-order valence-corrected chi connectivity index (χ4v) is 3.30. The highest BCUT2D eigenvalue weighted by Crippen LogP contribution is 2.14. The Morgan fingerprint density at radius 3 is 2.71 bits per heavy atom. The van der Waals surface area contributed by atoms with Gasteiger partial charge in [0.15, 0.2) is 5.96 Å². The minimum Gasteiger partial charge on any atom is -0.357 e. The summed E-state index contributed by atoms with van der Waals surface area (Å²) in [5, 5.41) is 7.79. The number of nitrogens with zero attached hydrogens (tertiary/aromatic N) is 2. The highest BCUT2D eigenvalue weighted by molar-refractivity contribution is 7.11. The van der Waals surface area contributed by atoms with E-state index in [4.69, 9.17) is 0 Å². The van der Waals surface area contributed by atoms with Gasteiger partial charge in [0.1, 0.15) is 5.01 Å². The van der Waals surface area contributed by atoms with E-state index in [9.17, 15) is 0 Å². The molecular formula is C19H28N4S. The van der Waals surface area contributed by atoms with Gasteiger partial charge in [-0.2, -0.15) is 0 Å². The van der Waals surface area contributed by atoms with Crippen molar-refractivity contribution in [3.05, 3.63) is 51.0 Å². The molecule has 0 aliphatic heterocycles. The molecule has 0 fully saturated rings. The first-order chi connectivity index (χ1) is 11.6. The van der Waals surface area contributed by atoms with Crippen molar-refractivity contribution in [2.45, 2.75) is 47.1 Å². The van der Waals surface area contributed by atoms with Gasteiger partial charge in [0.25, 0.3) is 0 Å². The average molecular weight is 345 g/mol. The third-order valence-corrected chi connectivity index (χ3v) is 4.98. The van der Waals surface area contributed by atoms with Crippen LogP contribution in [0.1, 0.15) is 40.4 Å². The molecule has 0 aliphatic rings. The van der Waals surface area contributed by atoms with Crippen LogP contribution in [0.4, 0.5) is 0 Å². The zero-order valence-electron chi connectivity index (χ0n) is 15.1.